The second-order valence-electron chi connectivity index (χ2n) is 7.35. The van der Waals surface area contributed by atoms with E-state index in [9.17, 15) is 0 Å². The number of likely N-dealkylation sites (tertiary alicyclic amines) is 1. The minimum atomic E-state index is 0.314. The van der Waals surface area contributed by atoms with E-state index < -0.39 is 0 Å². The van der Waals surface area contributed by atoms with E-state index in [1.807, 2.05) is 12.1 Å². The number of furan rings is 1. The second-order valence-corrected chi connectivity index (χ2v) is 8.20. The van der Waals surface area contributed by atoms with Gasteiger partial charge in [0, 0.05) is 11.8 Å². The Hall–Kier alpha value is -2.69. The molecular formula is C22H25N5OS. The van der Waals surface area contributed by atoms with E-state index in [0.29, 0.717) is 11.7 Å². The van der Waals surface area contributed by atoms with Crippen molar-refractivity contribution in [1.29, 1.82) is 5.26 Å². The topological polar surface area (TPSA) is 78.0 Å². The maximum atomic E-state index is 8.87. The van der Waals surface area contributed by atoms with Gasteiger partial charge in [0.15, 0.2) is 5.13 Å². The van der Waals surface area contributed by atoms with Gasteiger partial charge in [-0.05, 0) is 50.1 Å². The van der Waals surface area contributed by atoms with E-state index in [1.165, 1.54) is 12.8 Å². The summed E-state index contributed by atoms with van der Waals surface area (Å²) in [7, 11) is 0. The SMILES string of the molecule is CCCc1ccc(CN2CCCCC2c2csc(Nc3ccc(C#N)nc3)n2)o1. The molecule has 1 aliphatic rings. The lowest BCUT2D eigenvalue weighted by molar-refractivity contribution is 0.127. The van der Waals surface area contributed by atoms with Gasteiger partial charge in [0.1, 0.15) is 23.3 Å². The third-order valence-corrected chi connectivity index (χ3v) is 5.95. The zero-order valence-electron chi connectivity index (χ0n) is 16.6. The quantitative estimate of drug-likeness (QED) is 0.563. The highest BCUT2D eigenvalue weighted by Crippen LogP contribution is 2.34. The van der Waals surface area contributed by atoms with Gasteiger partial charge in [-0.15, -0.1) is 11.3 Å². The van der Waals surface area contributed by atoms with Gasteiger partial charge >= 0.3 is 0 Å². The maximum Gasteiger partial charge on any atom is 0.187 e. The highest BCUT2D eigenvalue weighted by Gasteiger charge is 2.27. The smallest absolute Gasteiger partial charge is 0.187 e. The lowest BCUT2D eigenvalue weighted by Crippen LogP contribution is -2.33. The Bertz CT molecular complexity index is 972. The summed E-state index contributed by atoms with van der Waals surface area (Å²) < 4.78 is 6.01. The predicted molar refractivity (Wildman–Crippen MR) is 114 cm³/mol. The summed E-state index contributed by atoms with van der Waals surface area (Å²) >= 11 is 1.60. The number of aryl methyl sites for hydroxylation is 1. The van der Waals surface area contributed by atoms with Gasteiger partial charge in [0.05, 0.1) is 30.2 Å². The number of nitriles is 1. The van der Waals surface area contributed by atoms with Crippen molar-refractivity contribution >= 4 is 22.2 Å². The first-order chi connectivity index (χ1) is 14.2. The molecule has 1 fully saturated rings. The Labute approximate surface area is 175 Å². The van der Waals surface area contributed by atoms with Crippen molar-refractivity contribution in [2.24, 2.45) is 0 Å². The van der Waals surface area contributed by atoms with E-state index >= 15 is 0 Å². The van der Waals surface area contributed by atoms with Crippen LogP contribution >= 0.6 is 11.3 Å². The first-order valence-electron chi connectivity index (χ1n) is 10.2. The van der Waals surface area contributed by atoms with Crippen LogP contribution in [0.4, 0.5) is 10.8 Å². The van der Waals surface area contributed by atoms with Crippen LogP contribution in [0.25, 0.3) is 0 Å². The molecule has 1 unspecified atom stereocenters. The summed E-state index contributed by atoms with van der Waals surface area (Å²) in [5, 5.41) is 15.2. The maximum absolute atomic E-state index is 8.87. The summed E-state index contributed by atoms with van der Waals surface area (Å²) in [6, 6.07) is 10.1. The normalized spacial score (nSPS) is 17.2. The van der Waals surface area contributed by atoms with Crippen molar-refractivity contribution in [3.8, 4) is 6.07 Å². The molecule has 29 heavy (non-hydrogen) atoms. The van der Waals surface area contributed by atoms with Gasteiger partial charge in [-0.2, -0.15) is 5.26 Å². The fourth-order valence-corrected chi connectivity index (χ4v) is 4.53. The van der Waals surface area contributed by atoms with Crippen LogP contribution in [0.1, 0.15) is 61.6 Å². The molecule has 1 aliphatic heterocycles. The number of anilines is 2. The largest absolute Gasteiger partial charge is 0.465 e. The van der Waals surface area contributed by atoms with Crippen LogP contribution in [-0.4, -0.2) is 21.4 Å². The van der Waals surface area contributed by atoms with Gasteiger partial charge < -0.3 is 9.73 Å². The molecule has 0 radical (unpaired) electrons. The van der Waals surface area contributed by atoms with Crippen LogP contribution < -0.4 is 5.32 Å². The molecule has 0 aromatic carbocycles. The second kappa shape index (κ2) is 9.21. The monoisotopic (exact) mass is 407 g/mol. The molecule has 0 aliphatic carbocycles. The first-order valence-corrected chi connectivity index (χ1v) is 11.0. The Kier molecular flexibility index (Phi) is 6.23. The Morgan fingerprint density at radius 2 is 2.17 bits per heavy atom. The Morgan fingerprint density at radius 3 is 2.97 bits per heavy atom. The molecule has 4 rings (SSSR count). The van der Waals surface area contributed by atoms with Crippen LogP contribution in [0.5, 0.6) is 0 Å². The molecule has 6 nitrogen and oxygen atoms in total. The van der Waals surface area contributed by atoms with Crippen molar-refractivity contribution in [1.82, 2.24) is 14.9 Å². The fourth-order valence-electron chi connectivity index (χ4n) is 3.76. The molecule has 1 N–H and O–H groups in total. The number of nitrogens with zero attached hydrogens (tertiary/aromatic N) is 4. The highest BCUT2D eigenvalue weighted by atomic mass is 32.1. The standard InChI is InChI=1S/C22H25N5OS/c1-2-5-18-9-10-19(28-18)14-27-11-4-3-6-21(27)20-15-29-22(26-20)25-17-8-7-16(12-23)24-13-17/h7-10,13,15,21H,2-6,11,14H2,1H3,(H,25,26). The zero-order valence-corrected chi connectivity index (χ0v) is 17.4. The van der Waals surface area contributed by atoms with Gasteiger partial charge in [0.2, 0.25) is 0 Å². The lowest BCUT2D eigenvalue weighted by Gasteiger charge is -2.34. The van der Waals surface area contributed by atoms with Crippen molar-refractivity contribution in [3.63, 3.8) is 0 Å². The summed E-state index contributed by atoms with van der Waals surface area (Å²) in [5.74, 6) is 2.12. The summed E-state index contributed by atoms with van der Waals surface area (Å²) in [4.78, 5) is 11.4. The minimum Gasteiger partial charge on any atom is -0.465 e. The van der Waals surface area contributed by atoms with E-state index in [2.05, 4.69) is 39.6 Å². The predicted octanol–water partition coefficient (Wildman–Crippen LogP) is 5.43. The van der Waals surface area contributed by atoms with Crippen molar-refractivity contribution in [2.75, 3.05) is 11.9 Å². The van der Waals surface area contributed by atoms with Crippen molar-refractivity contribution in [3.05, 3.63) is 58.8 Å². The van der Waals surface area contributed by atoms with E-state index in [4.69, 9.17) is 14.7 Å². The van der Waals surface area contributed by atoms with Gasteiger partial charge in [-0.25, -0.2) is 9.97 Å². The van der Waals surface area contributed by atoms with Crippen LogP contribution in [-0.2, 0) is 13.0 Å². The molecule has 4 heterocycles. The molecule has 3 aromatic heterocycles. The van der Waals surface area contributed by atoms with Crippen LogP contribution in [0.2, 0.25) is 0 Å². The average molecular weight is 408 g/mol. The number of pyridine rings is 1. The zero-order chi connectivity index (χ0) is 20.1. The Morgan fingerprint density at radius 1 is 1.28 bits per heavy atom. The van der Waals surface area contributed by atoms with Gasteiger partial charge in [-0.3, -0.25) is 4.90 Å². The number of hydrogen-bond donors (Lipinski definition) is 1. The summed E-state index contributed by atoms with van der Waals surface area (Å²) in [6.45, 7) is 4.06. The fraction of sp³-hybridized carbons (Fsp3) is 0.409. The highest BCUT2D eigenvalue weighted by molar-refractivity contribution is 7.13. The van der Waals surface area contributed by atoms with E-state index in [1.54, 1.807) is 23.6 Å². The van der Waals surface area contributed by atoms with Gasteiger partial charge in [0.25, 0.3) is 0 Å². The molecule has 0 bridgehead atoms. The number of hydrogen-bond acceptors (Lipinski definition) is 7. The molecule has 1 atom stereocenters. The molecular weight excluding hydrogens is 382 g/mol. The molecule has 150 valence electrons. The Balaban J connectivity index is 1.44. The molecule has 0 saturated carbocycles. The lowest BCUT2D eigenvalue weighted by atomic mass is 10.00. The van der Waals surface area contributed by atoms with Crippen LogP contribution in [0.15, 0.2) is 40.3 Å². The van der Waals surface area contributed by atoms with Crippen LogP contribution in [0, 0.1) is 11.3 Å². The van der Waals surface area contributed by atoms with E-state index in [0.717, 1.165) is 60.4 Å². The number of thiazole rings is 1. The summed E-state index contributed by atoms with van der Waals surface area (Å²) in [6.07, 6.45) is 7.31. The third kappa shape index (κ3) is 4.84. The number of nitrogens with one attached hydrogen (secondary N) is 1. The number of aromatic nitrogens is 2. The number of piperidine rings is 1. The molecule has 1 saturated heterocycles. The first kappa shape index (κ1) is 19.6. The van der Waals surface area contributed by atoms with Crippen LogP contribution in [0.3, 0.4) is 0 Å². The van der Waals surface area contributed by atoms with Gasteiger partial charge in [-0.1, -0.05) is 13.3 Å². The minimum absolute atomic E-state index is 0.314. The van der Waals surface area contributed by atoms with E-state index in [-0.39, 0.29) is 0 Å². The van der Waals surface area contributed by atoms with Crippen molar-refractivity contribution < 1.29 is 4.42 Å². The number of rotatable bonds is 7. The van der Waals surface area contributed by atoms with Crippen molar-refractivity contribution in [2.45, 2.75) is 51.6 Å². The molecule has 3 aromatic rings. The molecule has 0 amide bonds. The molecule has 7 heteroatoms. The molecule has 0 spiro atoms. The summed E-state index contributed by atoms with van der Waals surface area (Å²) in [5.41, 5.74) is 2.36. The third-order valence-electron chi connectivity index (χ3n) is 5.18. The average Bonchev–Trinajstić information content (AvgIpc) is 3.39.